The van der Waals surface area contributed by atoms with Crippen LogP contribution < -0.4 is 77.4 Å². The number of hydrogen-bond donors (Lipinski definition) is 17. The molecule has 0 aromatic carbocycles. The number of amides is 10. The molecule has 10 amide bonds. The molecule has 0 aliphatic carbocycles. The fourth-order valence-corrected chi connectivity index (χ4v) is 7.21. The molecule has 79 heavy (non-hydrogen) atoms. The van der Waals surface area contributed by atoms with Crippen molar-refractivity contribution < 1.29 is 57.4 Å². The number of aromatic nitrogens is 6. The van der Waals surface area contributed by atoms with Crippen LogP contribution in [0.25, 0.3) is 0 Å². The van der Waals surface area contributed by atoms with E-state index in [9.17, 15) is 47.9 Å². The lowest BCUT2D eigenvalue weighted by Crippen LogP contribution is -2.60. The predicted octanol–water partition coefficient (Wildman–Crippen LogP) is -7.81. The highest BCUT2D eigenvalue weighted by Gasteiger charge is 2.35. The summed E-state index contributed by atoms with van der Waals surface area (Å²) in [7, 11) is 0. The first-order valence-electron chi connectivity index (χ1n) is 24.3. The number of imidazole rings is 3. The molecule has 24 N–H and O–H groups in total. The van der Waals surface area contributed by atoms with Crippen molar-refractivity contribution in [2.75, 3.05) is 39.5 Å². The molecule has 33 nitrogen and oxygen atoms in total. The van der Waals surface area contributed by atoms with Gasteiger partial charge in [-0.2, -0.15) is 0 Å². The molecule has 1 aliphatic heterocycles. The SMILES string of the molecule is N/C=C(\N)CC(NC(=O)COCCOCCNC(=O)CCN1C(=O)C=CC1=O)C(=O)NC(Cc1c[nH]cn1)C(=O)NC(C/C(N)=C/N)C(=O)NC(Cc1c[nH]cn1)C(=O)NC(C/C(N)=C/N)C(=O)NC(Cc1c[nH]cn1)C(N)=O. The molecule has 0 bridgehead atoms. The van der Waals surface area contributed by atoms with Gasteiger partial charge >= 0.3 is 0 Å². The van der Waals surface area contributed by atoms with Crippen LogP contribution in [0.15, 0.2) is 85.4 Å². The Morgan fingerprint density at radius 2 is 0.899 bits per heavy atom. The average molecular weight is 1110 g/mol. The van der Waals surface area contributed by atoms with E-state index in [4.69, 9.17) is 49.6 Å². The van der Waals surface area contributed by atoms with Gasteiger partial charge in [-0.1, -0.05) is 0 Å². The Bertz CT molecular complexity index is 2660. The molecule has 0 saturated heterocycles. The van der Waals surface area contributed by atoms with E-state index in [1.807, 2.05) is 0 Å². The molecule has 6 atom stereocenters. The number of nitrogens with one attached hydrogen (secondary N) is 10. The summed E-state index contributed by atoms with van der Waals surface area (Å²) in [5.41, 5.74) is 41.3. The molecular weight excluding hydrogens is 1040 g/mol. The van der Waals surface area contributed by atoms with Gasteiger partial charge in [-0.05, 0) is 0 Å². The van der Waals surface area contributed by atoms with Crippen molar-refractivity contribution in [2.45, 2.75) is 81.2 Å². The van der Waals surface area contributed by atoms with Crippen LogP contribution in [0, 0.1) is 0 Å². The molecular formula is C46H67N21O12. The highest BCUT2D eigenvalue weighted by Crippen LogP contribution is 2.10. The lowest BCUT2D eigenvalue weighted by Gasteiger charge is -2.27. The number of carbonyl (C=O) groups excluding carboxylic acids is 10. The number of imide groups is 1. The fourth-order valence-electron chi connectivity index (χ4n) is 7.21. The summed E-state index contributed by atoms with van der Waals surface area (Å²) in [6.45, 7) is -0.537. The Hall–Kier alpha value is -9.79. The minimum absolute atomic E-state index is 0.00212. The molecule has 3 aromatic rings. The summed E-state index contributed by atoms with van der Waals surface area (Å²) in [4.78, 5) is 153. The molecule has 0 saturated carbocycles. The van der Waals surface area contributed by atoms with Gasteiger partial charge in [-0.25, -0.2) is 15.0 Å². The van der Waals surface area contributed by atoms with E-state index >= 15 is 0 Å². The number of hydrogen-bond acceptors (Lipinski definition) is 21. The maximum Gasteiger partial charge on any atom is 0.253 e. The van der Waals surface area contributed by atoms with Gasteiger partial charge < -0.3 is 102 Å². The van der Waals surface area contributed by atoms with E-state index in [2.05, 4.69) is 67.1 Å². The molecule has 4 rings (SSSR count). The number of rotatable bonds is 35. The van der Waals surface area contributed by atoms with Crippen molar-refractivity contribution in [3.63, 3.8) is 0 Å². The monoisotopic (exact) mass is 1110 g/mol. The van der Waals surface area contributed by atoms with E-state index in [0.717, 1.165) is 35.7 Å². The van der Waals surface area contributed by atoms with Crippen LogP contribution in [0.4, 0.5) is 0 Å². The van der Waals surface area contributed by atoms with Gasteiger partial charge in [0.25, 0.3) is 11.8 Å². The van der Waals surface area contributed by atoms with Crippen LogP contribution >= 0.6 is 0 Å². The smallest absolute Gasteiger partial charge is 0.253 e. The zero-order valence-corrected chi connectivity index (χ0v) is 42.7. The number of ether oxygens (including phenoxy) is 2. The maximum absolute atomic E-state index is 14.3. The molecule has 0 fully saturated rings. The van der Waals surface area contributed by atoms with Crippen LogP contribution in [-0.2, 0) is 76.7 Å². The second-order valence-electron chi connectivity index (χ2n) is 17.4. The van der Waals surface area contributed by atoms with E-state index in [-0.39, 0.29) is 99.9 Å². The predicted molar refractivity (Wildman–Crippen MR) is 276 cm³/mol. The first-order valence-corrected chi connectivity index (χ1v) is 24.3. The van der Waals surface area contributed by atoms with Gasteiger partial charge in [-0.3, -0.25) is 52.8 Å². The number of H-pyrrole nitrogens is 3. The molecule has 0 spiro atoms. The Kier molecular flexibility index (Phi) is 25.0. The summed E-state index contributed by atoms with van der Waals surface area (Å²) in [6.07, 6.45) is 11.7. The van der Waals surface area contributed by atoms with Crippen molar-refractivity contribution in [1.82, 2.24) is 72.0 Å². The molecule has 0 radical (unpaired) electrons. The minimum Gasteiger partial charge on any atom is -0.403 e. The summed E-state index contributed by atoms with van der Waals surface area (Å²) >= 11 is 0. The third kappa shape index (κ3) is 21.4. The van der Waals surface area contributed by atoms with E-state index < -0.39 is 108 Å². The van der Waals surface area contributed by atoms with Gasteiger partial charge in [-0.15, -0.1) is 0 Å². The number of primary amides is 1. The highest BCUT2D eigenvalue weighted by molar-refractivity contribution is 6.13. The first-order chi connectivity index (χ1) is 37.8. The highest BCUT2D eigenvalue weighted by atomic mass is 16.5. The van der Waals surface area contributed by atoms with Crippen LogP contribution in [0.2, 0.25) is 0 Å². The van der Waals surface area contributed by atoms with E-state index in [1.54, 1.807) is 0 Å². The van der Waals surface area contributed by atoms with E-state index in [1.165, 1.54) is 37.6 Å². The standard InChI is InChI=1S/C46H67N21O12/c47-15-25(50)9-32(61-38(69)21-79-8-7-78-6-4-57-37(68)3-5-67-39(70)1-2-40(67)71)42(73)65-35(13-29-19-55-23-59-29)45(76)64-34(11-27(52)17-49)44(75)66-36(14-30-20-56-24-60-30)46(77)63-33(10-26(51)16-48)43(74)62-31(41(53)72)12-28-18-54-22-58-28/h1-2,15-20,22-24,31-36H,3-14,21,47-52H2,(H2,53,72)(H,54,58)(H,55,59)(H,56,60)(H,57,68)(H,61,69)(H,62,74)(H,63,77)(H,64,76)(H,65,73)(H,66,75)/b25-15-,26-16-,27-17-. The third-order valence-corrected chi connectivity index (χ3v) is 11.3. The Morgan fingerprint density at radius 3 is 1.30 bits per heavy atom. The average Bonchev–Trinajstić information content (AvgIpc) is 4.30. The van der Waals surface area contributed by atoms with Crippen molar-refractivity contribution >= 4 is 59.1 Å². The minimum atomic E-state index is -1.61. The largest absolute Gasteiger partial charge is 0.403 e. The molecule has 33 heteroatoms. The lowest BCUT2D eigenvalue weighted by atomic mass is 10.0. The maximum atomic E-state index is 14.3. The van der Waals surface area contributed by atoms with Crippen molar-refractivity contribution in [3.05, 3.63) is 102 Å². The Morgan fingerprint density at radius 1 is 0.519 bits per heavy atom. The number of aromatic amines is 3. The van der Waals surface area contributed by atoms with Crippen molar-refractivity contribution in [3.8, 4) is 0 Å². The van der Waals surface area contributed by atoms with Crippen molar-refractivity contribution in [1.29, 1.82) is 0 Å². The summed E-state index contributed by atoms with van der Waals surface area (Å²) in [6, 6.07) is -8.89. The fraction of sp³-hybridized carbons (Fsp3) is 0.413. The van der Waals surface area contributed by atoms with Gasteiger partial charge in [0.2, 0.25) is 47.3 Å². The molecule has 4 heterocycles. The normalized spacial score (nSPS) is 15.0. The second kappa shape index (κ2) is 31.9. The molecule has 6 unspecified atom stereocenters. The molecule has 1 aliphatic rings. The third-order valence-electron chi connectivity index (χ3n) is 11.3. The first kappa shape index (κ1) is 61.8. The molecule has 3 aromatic heterocycles. The van der Waals surface area contributed by atoms with Crippen LogP contribution in [0.1, 0.15) is 42.8 Å². The summed E-state index contributed by atoms with van der Waals surface area (Å²) < 4.78 is 10.8. The van der Waals surface area contributed by atoms with Gasteiger partial charge in [0, 0.05) is 124 Å². The number of nitrogens with two attached hydrogens (primary N) is 7. The van der Waals surface area contributed by atoms with Crippen LogP contribution in [0.3, 0.4) is 0 Å². The quantitative estimate of drug-likeness (QED) is 0.0192. The van der Waals surface area contributed by atoms with Gasteiger partial charge in [0.05, 0.1) is 55.9 Å². The topological polar surface area (TPSA) is 545 Å². The Labute approximate surface area is 450 Å². The second-order valence-corrected chi connectivity index (χ2v) is 17.4. The number of carbonyl (C=O) groups is 10. The van der Waals surface area contributed by atoms with Crippen LogP contribution in [0.5, 0.6) is 0 Å². The Balaban J connectivity index is 1.43. The number of nitrogens with zero attached hydrogens (tertiary/aromatic N) is 4. The summed E-state index contributed by atoms with van der Waals surface area (Å²) in [5.74, 6) is -7.86. The lowest BCUT2D eigenvalue weighted by molar-refractivity contribution is -0.137. The molecule has 428 valence electrons. The zero-order chi connectivity index (χ0) is 57.9. The van der Waals surface area contributed by atoms with Gasteiger partial charge in [0.1, 0.15) is 42.9 Å². The van der Waals surface area contributed by atoms with E-state index in [0.29, 0.717) is 5.69 Å². The van der Waals surface area contributed by atoms with Crippen molar-refractivity contribution in [2.24, 2.45) is 40.1 Å². The van der Waals surface area contributed by atoms with Gasteiger partial charge in [0.15, 0.2) is 0 Å². The summed E-state index contributed by atoms with van der Waals surface area (Å²) in [5, 5.41) is 17.8. The zero-order valence-electron chi connectivity index (χ0n) is 42.7. The van der Waals surface area contributed by atoms with Crippen LogP contribution in [-0.4, -0.2) is 170 Å².